The number of amides is 1. The molecule has 3 aromatic rings. The maximum absolute atomic E-state index is 12.1. The Hall–Kier alpha value is -2.60. The zero-order valence-corrected chi connectivity index (χ0v) is 15.6. The van der Waals surface area contributed by atoms with E-state index in [2.05, 4.69) is 37.5 Å². The number of carbonyl (C=O) groups excluding carboxylic acids is 1. The van der Waals surface area contributed by atoms with Gasteiger partial charge in [-0.05, 0) is 63.0 Å². The summed E-state index contributed by atoms with van der Waals surface area (Å²) in [6.45, 7) is 2.01. The van der Waals surface area contributed by atoms with E-state index in [4.69, 9.17) is 4.74 Å². The number of hydrogen-bond donors (Lipinski definition) is 2. The van der Waals surface area contributed by atoms with Gasteiger partial charge < -0.3 is 9.72 Å². The van der Waals surface area contributed by atoms with Gasteiger partial charge in [0.1, 0.15) is 11.4 Å². The van der Waals surface area contributed by atoms with Crippen molar-refractivity contribution in [1.29, 1.82) is 0 Å². The van der Waals surface area contributed by atoms with Gasteiger partial charge in [-0.3, -0.25) is 4.79 Å². The van der Waals surface area contributed by atoms with Crippen LogP contribution in [0, 0.1) is 0 Å². The van der Waals surface area contributed by atoms with E-state index in [0.29, 0.717) is 12.1 Å². The second-order valence-corrected chi connectivity index (χ2v) is 6.43. The minimum atomic E-state index is -0.276. The van der Waals surface area contributed by atoms with Crippen molar-refractivity contribution in [3.8, 4) is 5.75 Å². The minimum Gasteiger partial charge on any atom is -0.497 e. The van der Waals surface area contributed by atoms with Crippen LogP contribution in [-0.4, -0.2) is 23.7 Å². The normalized spacial score (nSPS) is 11.6. The lowest BCUT2D eigenvalue weighted by Crippen LogP contribution is -2.20. The molecule has 0 radical (unpaired) electrons. The molecule has 1 aromatic heterocycles. The molecule has 0 saturated carbocycles. The lowest BCUT2D eigenvalue weighted by atomic mass is 10.0. The Morgan fingerprint density at radius 2 is 1.96 bits per heavy atom. The van der Waals surface area contributed by atoms with E-state index in [1.165, 1.54) is 0 Å². The van der Waals surface area contributed by atoms with Gasteiger partial charge in [-0.2, -0.15) is 5.10 Å². The first-order valence-electron chi connectivity index (χ1n) is 7.89. The Morgan fingerprint density at radius 3 is 2.64 bits per heavy atom. The predicted molar refractivity (Wildman–Crippen MR) is 103 cm³/mol. The molecule has 2 aromatic carbocycles. The molecule has 0 unspecified atom stereocenters. The highest BCUT2D eigenvalue weighted by Crippen LogP contribution is 2.22. The summed E-state index contributed by atoms with van der Waals surface area (Å²) in [7, 11) is 1.66. The van der Waals surface area contributed by atoms with Crippen molar-refractivity contribution in [2.24, 2.45) is 5.10 Å². The van der Waals surface area contributed by atoms with Crippen LogP contribution in [0.4, 0.5) is 0 Å². The molecule has 0 fully saturated rings. The van der Waals surface area contributed by atoms with Crippen molar-refractivity contribution in [1.82, 2.24) is 10.4 Å². The number of H-pyrrole nitrogens is 1. The van der Waals surface area contributed by atoms with Gasteiger partial charge in [-0.25, -0.2) is 5.43 Å². The minimum absolute atomic E-state index is 0.276. The van der Waals surface area contributed by atoms with Gasteiger partial charge in [0.15, 0.2) is 0 Å². The summed E-state index contributed by atoms with van der Waals surface area (Å²) in [5, 5.41) is 6.49. The largest absolute Gasteiger partial charge is 0.497 e. The number of carbonyl (C=O) groups is 1. The van der Waals surface area contributed by atoms with Crippen LogP contribution in [0.2, 0.25) is 0 Å². The number of methoxy groups -OCH3 is 1. The van der Waals surface area contributed by atoms with Crippen LogP contribution >= 0.6 is 15.9 Å². The van der Waals surface area contributed by atoms with Crippen molar-refractivity contribution in [2.45, 2.75) is 13.3 Å². The number of halogens is 1. The Balaban J connectivity index is 1.84. The second-order valence-electron chi connectivity index (χ2n) is 5.51. The van der Waals surface area contributed by atoms with E-state index in [-0.39, 0.29) is 5.91 Å². The lowest BCUT2D eigenvalue weighted by molar-refractivity contribution is 0.0950. The fourth-order valence-electron chi connectivity index (χ4n) is 2.56. The number of aromatic nitrogens is 1. The SMILES string of the molecule is CC/C(=N/NC(=O)c1cc(Br)c[nH]1)c1ccc2cc(OC)ccc2c1. The second kappa shape index (κ2) is 7.53. The molecule has 25 heavy (non-hydrogen) atoms. The van der Waals surface area contributed by atoms with E-state index in [0.717, 1.165) is 32.3 Å². The highest BCUT2D eigenvalue weighted by molar-refractivity contribution is 9.10. The van der Waals surface area contributed by atoms with Crippen LogP contribution in [0.1, 0.15) is 29.4 Å². The number of nitrogens with zero attached hydrogens (tertiary/aromatic N) is 1. The first-order chi connectivity index (χ1) is 12.1. The van der Waals surface area contributed by atoms with Crippen molar-refractivity contribution in [3.05, 3.63) is 64.4 Å². The first-order valence-corrected chi connectivity index (χ1v) is 8.69. The fourth-order valence-corrected chi connectivity index (χ4v) is 2.90. The third-order valence-corrected chi connectivity index (χ3v) is 4.36. The Bertz CT molecular complexity index is 947. The number of rotatable bonds is 5. The van der Waals surface area contributed by atoms with Crippen LogP contribution in [0.15, 0.2) is 58.2 Å². The van der Waals surface area contributed by atoms with Crippen LogP contribution in [0.25, 0.3) is 10.8 Å². The molecule has 0 aliphatic heterocycles. The van der Waals surface area contributed by atoms with E-state index >= 15 is 0 Å². The van der Waals surface area contributed by atoms with E-state index in [9.17, 15) is 4.79 Å². The predicted octanol–water partition coefficient (Wildman–Crippen LogP) is 4.48. The van der Waals surface area contributed by atoms with Gasteiger partial charge in [-0.15, -0.1) is 0 Å². The third kappa shape index (κ3) is 3.91. The number of ether oxygens (including phenoxy) is 1. The number of hydrazone groups is 1. The zero-order valence-electron chi connectivity index (χ0n) is 14.0. The van der Waals surface area contributed by atoms with Crippen molar-refractivity contribution in [3.63, 3.8) is 0 Å². The van der Waals surface area contributed by atoms with E-state index in [1.54, 1.807) is 19.4 Å². The van der Waals surface area contributed by atoms with Crippen molar-refractivity contribution >= 4 is 38.3 Å². The molecule has 0 aliphatic rings. The van der Waals surface area contributed by atoms with Gasteiger partial charge in [0.2, 0.25) is 0 Å². The van der Waals surface area contributed by atoms with Crippen LogP contribution in [-0.2, 0) is 0 Å². The first kappa shape index (κ1) is 17.2. The van der Waals surface area contributed by atoms with E-state index in [1.807, 2.05) is 37.3 Å². The zero-order chi connectivity index (χ0) is 17.8. The average Bonchev–Trinajstić information content (AvgIpc) is 3.08. The molecule has 0 saturated heterocycles. The molecule has 6 heteroatoms. The molecule has 2 N–H and O–H groups in total. The highest BCUT2D eigenvalue weighted by Gasteiger charge is 2.09. The number of aromatic amines is 1. The van der Waals surface area contributed by atoms with Crippen LogP contribution in [0.3, 0.4) is 0 Å². The lowest BCUT2D eigenvalue weighted by Gasteiger charge is -2.08. The van der Waals surface area contributed by atoms with Crippen LogP contribution < -0.4 is 10.2 Å². The Kier molecular flexibility index (Phi) is 5.19. The molecule has 0 atom stereocenters. The van der Waals surface area contributed by atoms with Gasteiger partial charge >= 0.3 is 0 Å². The standard InChI is InChI=1S/C19H18BrN3O2/c1-3-17(22-23-19(24)18-10-15(20)11-21-18)14-5-4-13-9-16(25-2)7-6-12(13)8-14/h4-11,21H,3H2,1-2H3,(H,23,24)/b22-17-. The topological polar surface area (TPSA) is 66.5 Å². The summed E-state index contributed by atoms with van der Waals surface area (Å²) < 4.78 is 6.07. The molecule has 1 heterocycles. The van der Waals surface area contributed by atoms with Gasteiger partial charge in [0.25, 0.3) is 5.91 Å². The van der Waals surface area contributed by atoms with Crippen molar-refractivity contribution < 1.29 is 9.53 Å². The molecule has 5 nitrogen and oxygen atoms in total. The molecular formula is C19H18BrN3O2. The van der Waals surface area contributed by atoms with Gasteiger partial charge in [-0.1, -0.05) is 25.1 Å². The summed E-state index contributed by atoms with van der Waals surface area (Å²) in [6.07, 6.45) is 2.41. The molecule has 3 rings (SSSR count). The smallest absolute Gasteiger partial charge is 0.287 e. The summed E-state index contributed by atoms with van der Waals surface area (Å²) in [5.41, 5.74) is 4.86. The molecule has 0 aliphatic carbocycles. The monoisotopic (exact) mass is 399 g/mol. The fraction of sp³-hybridized carbons (Fsp3) is 0.158. The summed E-state index contributed by atoms with van der Waals surface area (Å²) in [4.78, 5) is 15.0. The maximum Gasteiger partial charge on any atom is 0.287 e. The number of hydrogen-bond acceptors (Lipinski definition) is 3. The summed E-state index contributed by atoms with van der Waals surface area (Å²) in [6, 6.07) is 13.7. The molecule has 0 spiro atoms. The van der Waals surface area contributed by atoms with Crippen LogP contribution in [0.5, 0.6) is 5.75 Å². The summed E-state index contributed by atoms with van der Waals surface area (Å²) >= 11 is 3.31. The number of benzene rings is 2. The summed E-state index contributed by atoms with van der Waals surface area (Å²) in [5.74, 6) is 0.552. The Morgan fingerprint density at radius 1 is 1.20 bits per heavy atom. The average molecular weight is 400 g/mol. The van der Waals surface area contributed by atoms with Gasteiger partial charge in [0.05, 0.1) is 12.8 Å². The van der Waals surface area contributed by atoms with Gasteiger partial charge in [0, 0.05) is 10.7 Å². The number of nitrogens with one attached hydrogen (secondary N) is 2. The number of fused-ring (bicyclic) bond motifs is 1. The molecule has 128 valence electrons. The quantitative estimate of drug-likeness (QED) is 0.490. The Labute approximate surface area is 154 Å². The van der Waals surface area contributed by atoms with Crippen molar-refractivity contribution in [2.75, 3.05) is 7.11 Å². The van der Waals surface area contributed by atoms with E-state index < -0.39 is 0 Å². The molecule has 1 amide bonds. The molecule has 0 bridgehead atoms. The third-order valence-electron chi connectivity index (χ3n) is 3.90. The molecular weight excluding hydrogens is 382 g/mol. The maximum atomic E-state index is 12.1. The highest BCUT2D eigenvalue weighted by atomic mass is 79.9.